The Morgan fingerprint density at radius 1 is 1.00 bits per heavy atom. The zero-order valence-electron chi connectivity index (χ0n) is 18.4. The normalized spacial score (nSPS) is 19.1. The van der Waals surface area contributed by atoms with E-state index in [1.165, 1.54) is 0 Å². The van der Waals surface area contributed by atoms with Crippen molar-refractivity contribution in [1.82, 2.24) is 9.21 Å². The summed E-state index contributed by atoms with van der Waals surface area (Å²) in [5.74, 6) is -0.0497. The van der Waals surface area contributed by atoms with E-state index in [9.17, 15) is 13.2 Å². The number of nitrogens with one attached hydrogen (secondary N) is 1. The van der Waals surface area contributed by atoms with Crippen LogP contribution in [-0.2, 0) is 14.8 Å². The Balaban J connectivity index is 1.86. The molecule has 0 unspecified atom stereocenters. The Morgan fingerprint density at radius 2 is 1.70 bits per heavy atom. The van der Waals surface area contributed by atoms with Crippen LogP contribution in [0.1, 0.15) is 51.9 Å². The lowest BCUT2D eigenvalue weighted by molar-refractivity contribution is -0.116. The number of likely N-dealkylation sites (N-methyl/N-ethyl adjacent to an activating group) is 1. The fourth-order valence-electron chi connectivity index (χ4n) is 4.10. The topological polar surface area (TPSA) is 73.0 Å². The first-order valence-corrected chi connectivity index (χ1v) is 12.7. The van der Waals surface area contributed by atoms with Crippen molar-refractivity contribution in [2.75, 3.05) is 56.5 Å². The van der Waals surface area contributed by atoms with Gasteiger partial charge < -0.3 is 15.1 Å². The molecule has 1 aromatic rings. The zero-order chi connectivity index (χ0) is 21.6. The van der Waals surface area contributed by atoms with E-state index in [4.69, 9.17) is 0 Å². The van der Waals surface area contributed by atoms with Crippen molar-refractivity contribution >= 4 is 27.3 Å². The molecule has 2 heterocycles. The molecule has 30 heavy (non-hydrogen) atoms. The predicted molar refractivity (Wildman–Crippen MR) is 122 cm³/mol. The third kappa shape index (κ3) is 5.74. The summed E-state index contributed by atoms with van der Waals surface area (Å²) in [5, 5.41) is 3.02. The molecule has 2 aliphatic heterocycles. The summed E-state index contributed by atoms with van der Waals surface area (Å²) in [6, 6.07) is 5.23. The molecule has 7 nitrogen and oxygen atoms in total. The van der Waals surface area contributed by atoms with Crippen molar-refractivity contribution in [3.63, 3.8) is 0 Å². The molecule has 2 saturated heterocycles. The minimum atomic E-state index is -3.54. The molecular weight excluding hydrogens is 400 g/mol. The second-order valence-electron chi connectivity index (χ2n) is 8.44. The van der Waals surface area contributed by atoms with Gasteiger partial charge in [-0.05, 0) is 44.5 Å². The lowest BCUT2D eigenvalue weighted by Crippen LogP contribution is -2.44. The first-order chi connectivity index (χ1) is 14.4. The highest BCUT2D eigenvalue weighted by Gasteiger charge is 2.28. The van der Waals surface area contributed by atoms with Crippen LogP contribution in [-0.4, -0.2) is 69.8 Å². The average molecular weight is 437 g/mol. The summed E-state index contributed by atoms with van der Waals surface area (Å²) in [6.07, 6.45) is 6.26. The molecule has 2 aliphatic rings. The Kier molecular flexibility index (Phi) is 8.13. The van der Waals surface area contributed by atoms with Gasteiger partial charge in [0.2, 0.25) is 15.9 Å². The number of hydrogen-bond donors (Lipinski definition) is 1. The number of sulfonamides is 1. The van der Waals surface area contributed by atoms with Crippen LogP contribution in [0.15, 0.2) is 23.1 Å². The van der Waals surface area contributed by atoms with Gasteiger partial charge in [0.1, 0.15) is 0 Å². The number of carbonyl (C=O) groups excluding carboxylic acids is 1. The van der Waals surface area contributed by atoms with Crippen molar-refractivity contribution in [3.8, 4) is 0 Å². The van der Waals surface area contributed by atoms with Gasteiger partial charge in [-0.25, -0.2) is 8.42 Å². The van der Waals surface area contributed by atoms with Crippen molar-refractivity contribution in [2.24, 2.45) is 0 Å². The standard InChI is InChI=1S/C22H36N4O3S/c1-3-4-6-9-22(27)23-20-18-19(30(28,29)26-12-7-5-8-13-26)10-11-21(20)25-16-14-24(2)15-17-25/h10-11,18H,3-9,12-17H2,1-2H3,(H,23,27). The Bertz CT molecular complexity index is 814. The molecule has 0 radical (unpaired) electrons. The fourth-order valence-corrected chi connectivity index (χ4v) is 5.65. The highest BCUT2D eigenvalue weighted by atomic mass is 32.2. The summed E-state index contributed by atoms with van der Waals surface area (Å²) >= 11 is 0. The van der Waals surface area contributed by atoms with Crippen molar-refractivity contribution in [3.05, 3.63) is 18.2 Å². The molecule has 1 amide bonds. The maximum Gasteiger partial charge on any atom is 0.243 e. The molecule has 2 fully saturated rings. The smallest absolute Gasteiger partial charge is 0.243 e. The van der Waals surface area contributed by atoms with E-state index in [1.807, 2.05) is 6.07 Å². The Morgan fingerprint density at radius 3 is 2.37 bits per heavy atom. The number of carbonyl (C=O) groups is 1. The van der Waals surface area contributed by atoms with E-state index in [0.717, 1.165) is 70.4 Å². The van der Waals surface area contributed by atoms with E-state index >= 15 is 0 Å². The van der Waals surface area contributed by atoms with E-state index in [2.05, 4.69) is 29.1 Å². The maximum atomic E-state index is 13.2. The molecule has 0 spiro atoms. The highest BCUT2D eigenvalue weighted by molar-refractivity contribution is 7.89. The molecule has 8 heteroatoms. The molecule has 0 aromatic heterocycles. The number of nitrogens with zero attached hydrogens (tertiary/aromatic N) is 3. The predicted octanol–water partition coefficient (Wildman–Crippen LogP) is 3.13. The van der Waals surface area contributed by atoms with Crippen molar-refractivity contribution < 1.29 is 13.2 Å². The monoisotopic (exact) mass is 436 g/mol. The lowest BCUT2D eigenvalue weighted by atomic mass is 10.1. The van der Waals surface area contributed by atoms with Gasteiger partial charge >= 0.3 is 0 Å². The summed E-state index contributed by atoms with van der Waals surface area (Å²) in [6.45, 7) is 6.84. The van der Waals surface area contributed by atoms with Gasteiger partial charge in [-0.3, -0.25) is 4.79 Å². The molecule has 1 N–H and O–H groups in total. The zero-order valence-corrected chi connectivity index (χ0v) is 19.2. The maximum absolute atomic E-state index is 13.2. The third-order valence-electron chi connectivity index (χ3n) is 6.05. The van der Waals surface area contributed by atoms with Crippen LogP contribution in [0, 0.1) is 0 Å². The summed E-state index contributed by atoms with van der Waals surface area (Å²) in [4.78, 5) is 17.3. The summed E-state index contributed by atoms with van der Waals surface area (Å²) < 4.78 is 27.9. The minimum absolute atomic E-state index is 0.0497. The van der Waals surface area contributed by atoms with Gasteiger partial charge in [0, 0.05) is 45.7 Å². The quantitative estimate of drug-likeness (QED) is 0.634. The number of benzene rings is 1. The number of hydrogen-bond acceptors (Lipinski definition) is 5. The second kappa shape index (κ2) is 10.6. The van der Waals surface area contributed by atoms with E-state index < -0.39 is 10.0 Å². The largest absolute Gasteiger partial charge is 0.367 e. The first kappa shape index (κ1) is 23.0. The van der Waals surface area contributed by atoms with Crippen molar-refractivity contribution in [2.45, 2.75) is 56.8 Å². The first-order valence-electron chi connectivity index (χ1n) is 11.3. The average Bonchev–Trinajstić information content (AvgIpc) is 2.75. The number of anilines is 2. The number of piperidine rings is 1. The Hall–Kier alpha value is -1.64. The van der Waals surface area contributed by atoms with Crippen LogP contribution in [0.25, 0.3) is 0 Å². The fraction of sp³-hybridized carbons (Fsp3) is 0.682. The molecule has 0 aliphatic carbocycles. The number of piperazine rings is 1. The number of rotatable bonds is 8. The van der Waals surface area contributed by atoms with Crippen molar-refractivity contribution in [1.29, 1.82) is 0 Å². The van der Waals surface area contributed by atoms with E-state index in [-0.39, 0.29) is 10.8 Å². The lowest BCUT2D eigenvalue weighted by Gasteiger charge is -2.35. The van der Waals surface area contributed by atoms with Gasteiger partial charge in [0.25, 0.3) is 0 Å². The third-order valence-corrected chi connectivity index (χ3v) is 7.94. The van der Waals surface area contributed by atoms with Crippen LogP contribution >= 0.6 is 0 Å². The number of amides is 1. The van der Waals surface area contributed by atoms with Gasteiger partial charge in [-0.1, -0.05) is 26.2 Å². The SMILES string of the molecule is CCCCCC(=O)Nc1cc(S(=O)(=O)N2CCCCC2)ccc1N1CCN(C)CC1. The van der Waals surface area contributed by atoms with Crippen LogP contribution in [0.2, 0.25) is 0 Å². The molecule has 0 saturated carbocycles. The number of unbranched alkanes of at least 4 members (excludes halogenated alkanes) is 2. The van der Waals surface area contributed by atoms with Crippen LogP contribution in [0.4, 0.5) is 11.4 Å². The van der Waals surface area contributed by atoms with E-state index in [1.54, 1.807) is 16.4 Å². The van der Waals surface area contributed by atoms with Gasteiger partial charge in [-0.2, -0.15) is 4.31 Å². The van der Waals surface area contributed by atoms with E-state index in [0.29, 0.717) is 25.2 Å². The van der Waals surface area contributed by atoms with Gasteiger partial charge in [-0.15, -0.1) is 0 Å². The second-order valence-corrected chi connectivity index (χ2v) is 10.4. The summed E-state index contributed by atoms with van der Waals surface area (Å²) in [7, 11) is -1.44. The minimum Gasteiger partial charge on any atom is -0.367 e. The Labute approximate surface area is 181 Å². The molecule has 168 valence electrons. The molecule has 0 bridgehead atoms. The van der Waals surface area contributed by atoms with Gasteiger partial charge in [0.15, 0.2) is 0 Å². The summed E-state index contributed by atoms with van der Waals surface area (Å²) in [5.41, 5.74) is 1.52. The molecule has 0 atom stereocenters. The van der Waals surface area contributed by atoms with Gasteiger partial charge in [0.05, 0.1) is 16.3 Å². The highest BCUT2D eigenvalue weighted by Crippen LogP contribution is 2.32. The van der Waals surface area contributed by atoms with Crippen LogP contribution in [0.5, 0.6) is 0 Å². The molecular formula is C22H36N4O3S. The van der Waals surface area contributed by atoms with Crippen LogP contribution in [0.3, 0.4) is 0 Å². The molecule has 3 rings (SSSR count). The van der Waals surface area contributed by atoms with Crippen LogP contribution < -0.4 is 10.2 Å². The molecule has 1 aromatic carbocycles.